The van der Waals surface area contributed by atoms with Crippen molar-refractivity contribution >= 4 is 34.0 Å². The van der Waals surface area contributed by atoms with Crippen molar-refractivity contribution in [1.82, 2.24) is 4.98 Å². The summed E-state index contributed by atoms with van der Waals surface area (Å²) in [5, 5.41) is 8.02. The topological polar surface area (TPSA) is 80.3 Å². The molecule has 2 amide bonds. The van der Waals surface area contributed by atoms with Gasteiger partial charge in [-0.05, 0) is 43.2 Å². The third-order valence-electron chi connectivity index (χ3n) is 4.06. The third kappa shape index (κ3) is 6.43. The van der Waals surface area contributed by atoms with E-state index >= 15 is 0 Å². The van der Waals surface area contributed by atoms with Crippen LogP contribution in [0.15, 0.2) is 53.9 Å². The molecular formula is C22H23N3O3S. The molecule has 1 heterocycles. The number of thiazole rings is 1. The first kappa shape index (κ1) is 20.5. The molecule has 2 N–H and O–H groups in total. The molecule has 6 nitrogen and oxygen atoms in total. The molecule has 29 heavy (non-hydrogen) atoms. The summed E-state index contributed by atoms with van der Waals surface area (Å²) in [5.41, 5.74) is 3.58. The summed E-state index contributed by atoms with van der Waals surface area (Å²) < 4.78 is 5.66. The van der Waals surface area contributed by atoms with Crippen molar-refractivity contribution in [3.05, 3.63) is 59.5 Å². The van der Waals surface area contributed by atoms with E-state index in [1.807, 2.05) is 60.8 Å². The fourth-order valence-electron chi connectivity index (χ4n) is 2.70. The van der Waals surface area contributed by atoms with E-state index in [0.717, 1.165) is 28.3 Å². The van der Waals surface area contributed by atoms with Crippen LogP contribution in [-0.4, -0.2) is 23.4 Å². The van der Waals surface area contributed by atoms with Crippen LogP contribution in [-0.2, 0) is 9.59 Å². The Balaban J connectivity index is 1.45. The third-order valence-corrected chi connectivity index (χ3v) is 4.82. The Bertz CT molecular complexity index is 983. The van der Waals surface area contributed by atoms with Gasteiger partial charge in [-0.25, -0.2) is 4.98 Å². The van der Waals surface area contributed by atoms with Crippen molar-refractivity contribution in [2.75, 3.05) is 17.2 Å². The first-order chi connectivity index (χ1) is 14.0. The average Bonchev–Trinajstić information content (AvgIpc) is 3.14. The zero-order valence-corrected chi connectivity index (χ0v) is 17.2. The number of nitrogens with one attached hydrogen (secondary N) is 2. The predicted octanol–water partition coefficient (Wildman–Crippen LogP) is 4.87. The van der Waals surface area contributed by atoms with E-state index in [2.05, 4.69) is 15.6 Å². The molecule has 150 valence electrons. The van der Waals surface area contributed by atoms with Crippen LogP contribution in [0.2, 0.25) is 0 Å². The Morgan fingerprint density at radius 1 is 1.10 bits per heavy atom. The number of aryl methyl sites for hydroxylation is 1. The zero-order valence-electron chi connectivity index (χ0n) is 16.4. The molecule has 0 aliphatic carbocycles. The number of rotatable bonds is 8. The predicted molar refractivity (Wildman–Crippen MR) is 116 cm³/mol. The smallest absolute Gasteiger partial charge is 0.226 e. The first-order valence-corrected chi connectivity index (χ1v) is 10.2. The quantitative estimate of drug-likeness (QED) is 0.520. The lowest BCUT2D eigenvalue weighted by atomic mass is 10.1. The van der Waals surface area contributed by atoms with Gasteiger partial charge < -0.3 is 15.4 Å². The molecule has 0 spiro atoms. The minimum absolute atomic E-state index is 0.0836. The van der Waals surface area contributed by atoms with Gasteiger partial charge in [-0.3, -0.25) is 9.59 Å². The van der Waals surface area contributed by atoms with Gasteiger partial charge in [0.1, 0.15) is 5.75 Å². The van der Waals surface area contributed by atoms with Crippen LogP contribution in [0.25, 0.3) is 11.3 Å². The molecule has 7 heteroatoms. The van der Waals surface area contributed by atoms with Crippen molar-refractivity contribution in [3.63, 3.8) is 0 Å². The minimum atomic E-state index is -0.110. The van der Waals surface area contributed by atoms with Crippen molar-refractivity contribution in [3.8, 4) is 17.0 Å². The number of anilines is 2. The van der Waals surface area contributed by atoms with Crippen molar-refractivity contribution < 1.29 is 14.3 Å². The molecule has 0 bridgehead atoms. The molecule has 2 aromatic carbocycles. The highest BCUT2D eigenvalue weighted by molar-refractivity contribution is 7.14. The molecule has 0 fully saturated rings. The summed E-state index contributed by atoms with van der Waals surface area (Å²) in [7, 11) is 0. The number of hydrogen-bond donors (Lipinski definition) is 2. The lowest BCUT2D eigenvalue weighted by Gasteiger charge is -2.06. The number of carbonyl (C=O) groups is 2. The van der Waals surface area contributed by atoms with Crippen LogP contribution in [0.3, 0.4) is 0 Å². The second kappa shape index (κ2) is 9.84. The van der Waals surface area contributed by atoms with E-state index in [0.29, 0.717) is 24.6 Å². The molecule has 0 atom stereocenters. The summed E-state index contributed by atoms with van der Waals surface area (Å²) in [5.74, 6) is 0.625. The zero-order chi connectivity index (χ0) is 20.6. The lowest BCUT2D eigenvalue weighted by Crippen LogP contribution is -2.12. The summed E-state index contributed by atoms with van der Waals surface area (Å²) in [6.45, 7) is 3.97. The molecule has 0 unspecified atom stereocenters. The largest absolute Gasteiger partial charge is 0.494 e. The number of hydrogen-bond acceptors (Lipinski definition) is 5. The highest BCUT2D eigenvalue weighted by Crippen LogP contribution is 2.26. The summed E-state index contributed by atoms with van der Waals surface area (Å²) in [6, 6.07) is 15.3. The molecule has 3 aromatic rings. The van der Waals surface area contributed by atoms with Crippen LogP contribution in [0.5, 0.6) is 5.75 Å². The highest BCUT2D eigenvalue weighted by Gasteiger charge is 2.08. The van der Waals surface area contributed by atoms with Crippen LogP contribution in [0.4, 0.5) is 10.8 Å². The van der Waals surface area contributed by atoms with Gasteiger partial charge in [0.15, 0.2) is 5.13 Å². The normalized spacial score (nSPS) is 10.4. The monoisotopic (exact) mass is 409 g/mol. The van der Waals surface area contributed by atoms with Crippen molar-refractivity contribution in [2.24, 2.45) is 0 Å². The Morgan fingerprint density at radius 3 is 2.62 bits per heavy atom. The van der Waals surface area contributed by atoms with E-state index in [-0.39, 0.29) is 11.8 Å². The van der Waals surface area contributed by atoms with E-state index < -0.39 is 0 Å². The summed E-state index contributed by atoms with van der Waals surface area (Å²) in [6.07, 6.45) is 0.995. The van der Waals surface area contributed by atoms with Crippen LogP contribution >= 0.6 is 11.3 Å². The van der Waals surface area contributed by atoms with E-state index in [1.165, 1.54) is 18.3 Å². The Kier molecular flexibility index (Phi) is 6.97. The number of benzene rings is 2. The van der Waals surface area contributed by atoms with Gasteiger partial charge in [-0.1, -0.05) is 24.3 Å². The van der Waals surface area contributed by atoms with Gasteiger partial charge in [0.25, 0.3) is 0 Å². The van der Waals surface area contributed by atoms with Gasteiger partial charge >= 0.3 is 0 Å². The maximum Gasteiger partial charge on any atom is 0.226 e. The molecule has 0 radical (unpaired) electrons. The van der Waals surface area contributed by atoms with Gasteiger partial charge in [0.05, 0.1) is 12.3 Å². The average molecular weight is 410 g/mol. The minimum Gasteiger partial charge on any atom is -0.494 e. The van der Waals surface area contributed by atoms with Crippen molar-refractivity contribution in [2.45, 2.75) is 26.7 Å². The van der Waals surface area contributed by atoms with Gasteiger partial charge in [0.2, 0.25) is 11.8 Å². The molecular weight excluding hydrogens is 386 g/mol. The SMILES string of the molecule is CC(=O)Nc1ccc(-c2csc(NC(=O)CCCOc3cccc(C)c3)n2)cc1. The Morgan fingerprint density at radius 2 is 1.90 bits per heavy atom. The second-order valence-corrected chi connectivity index (χ2v) is 7.47. The number of nitrogens with zero attached hydrogens (tertiary/aromatic N) is 1. The summed E-state index contributed by atoms with van der Waals surface area (Å²) >= 11 is 1.38. The van der Waals surface area contributed by atoms with E-state index in [4.69, 9.17) is 4.74 Å². The molecule has 0 aliphatic heterocycles. The molecule has 3 rings (SSSR count). The van der Waals surface area contributed by atoms with Gasteiger partial charge in [-0.2, -0.15) is 0 Å². The second-order valence-electron chi connectivity index (χ2n) is 6.61. The van der Waals surface area contributed by atoms with Crippen LogP contribution < -0.4 is 15.4 Å². The Labute approximate surface area is 173 Å². The number of amides is 2. The van der Waals surface area contributed by atoms with Crippen LogP contribution in [0, 0.1) is 6.92 Å². The standard InChI is InChI=1S/C22H23N3O3S/c1-15-5-3-6-19(13-15)28-12-4-7-21(27)25-22-24-20(14-29-22)17-8-10-18(11-9-17)23-16(2)26/h3,5-6,8-11,13-14H,4,7,12H2,1-2H3,(H,23,26)(H,24,25,27). The van der Waals surface area contributed by atoms with Gasteiger partial charge in [-0.15, -0.1) is 11.3 Å². The number of ether oxygens (including phenoxy) is 1. The highest BCUT2D eigenvalue weighted by atomic mass is 32.1. The van der Waals surface area contributed by atoms with E-state index in [1.54, 1.807) is 0 Å². The number of carbonyl (C=O) groups excluding carboxylic acids is 2. The first-order valence-electron chi connectivity index (χ1n) is 9.32. The number of aromatic nitrogens is 1. The van der Waals surface area contributed by atoms with Crippen molar-refractivity contribution in [1.29, 1.82) is 0 Å². The fraction of sp³-hybridized carbons (Fsp3) is 0.227. The molecule has 0 aliphatic rings. The maximum atomic E-state index is 12.1. The molecule has 1 aromatic heterocycles. The lowest BCUT2D eigenvalue weighted by molar-refractivity contribution is -0.116. The fourth-order valence-corrected chi connectivity index (χ4v) is 3.44. The maximum absolute atomic E-state index is 12.1. The molecule has 0 saturated heterocycles. The van der Waals surface area contributed by atoms with Crippen LogP contribution in [0.1, 0.15) is 25.3 Å². The van der Waals surface area contributed by atoms with Gasteiger partial charge in [0, 0.05) is 30.0 Å². The summed E-state index contributed by atoms with van der Waals surface area (Å²) in [4.78, 5) is 27.7. The van der Waals surface area contributed by atoms with E-state index in [9.17, 15) is 9.59 Å². The molecule has 0 saturated carbocycles. The Hall–Kier alpha value is -3.19.